The summed E-state index contributed by atoms with van der Waals surface area (Å²) in [6.07, 6.45) is 0. The minimum atomic E-state index is 0.515. The molecule has 1 unspecified atom stereocenters. The van der Waals surface area contributed by atoms with Gasteiger partial charge in [0, 0.05) is 52.4 Å². The van der Waals surface area contributed by atoms with Crippen LogP contribution >= 0.6 is 0 Å². The Morgan fingerprint density at radius 2 is 1.87 bits per heavy atom. The average Bonchev–Trinajstić information content (AvgIpc) is 2.57. The molecule has 1 aliphatic heterocycles. The average molecular weight is 317 g/mol. The molecule has 1 heterocycles. The molecular formula is C18H31N5. The zero-order valence-corrected chi connectivity index (χ0v) is 15.0. The third-order valence-electron chi connectivity index (χ3n) is 4.66. The molecule has 0 saturated carbocycles. The van der Waals surface area contributed by atoms with Crippen molar-refractivity contribution in [3.05, 3.63) is 35.4 Å². The molecule has 0 aliphatic carbocycles. The molecule has 5 nitrogen and oxygen atoms in total. The maximum Gasteiger partial charge on any atom is 0.191 e. The van der Waals surface area contributed by atoms with Gasteiger partial charge in [-0.25, -0.2) is 0 Å². The van der Waals surface area contributed by atoms with E-state index in [1.54, 1.807) is 0 Å². The largest absolute Gasteiger partial charge is 0.355 e. The minimum absolute atomic E-state index is 0.515. The van der Waals surface area contributed by atoms with Crippen LogP contribution in [0.4, 0.5) is 0 Å². The molecule has 128 valence electrons. The van der Waals surface area contributed by atoms with Gasteiger partial charge >= 0.3 is 0 Å². The number of likely N-dealkylation sites (N-methyl/N-ethyl adjacent to an activating group) is 1. The number of hydrogen-bond acceptors (Lipinski definition) is 3. The van der Waals surface area contributed by atoms with E-state index in [4.69, 9.17) is 0 Å². The molecule has 1 saturated heterocycles. The molecule has 1 aromatic carbocycles. The first-order chi connectivity index (χ1) is 11.1. The van der Waals surface area contributed by atoms with Gasteiger partial charge in [-0.1, -0.05) is 24.3 Å². The first-order valence-corrected chi connectivity index (χ1v) is 8.51. The second-order valence-electron chi connectivity index (χ2n) is 6.42. The fourth-order valence-corrected chi connectivity index (χ4v) is 2.84. The van der Waals surface area contributed by atoms with E-state index in [9.17, 15) is 0 Å². The molecule has 0 radical (unpaired) electrons. The number of aliphatic imine (C=N–C) groups is 1. The number of piperazine rings is 1. The van der Waals surface area contributed by atoms with Gasteiger partial charge in [-0.15, -0.1) is 0 Å². The highest BCUT2D eigenvalue weighted by Crippen LogP contribution is 2.06. The van der Waals surface area contributed by atoms with E-state index in [0.717, 1.165) is 45.2 Å². The third kappa shape index (κ3) is 5.52. The molecule has 23 heavy (non-hydrogen) atoms. The quantitative estimate of drug-likeness (QED) is 0.634. The van der Waals surface area contributed by atoms with Crippen LogP contribution in [-0.2, 0) is 6.54 Å². The molecule has 0 spiro atoms. The van der Waals surface area contributed by atoms with Crippen molar-refractivity contribution in [1.29, 1.82) is 0 Å². The van der Waals surface area contributed by atoms with Crippen LogP contribution in [0, 0.1) is 6.92 Å². The number of aryl methyl sites for hydroxylation is 1. The molecule has 2 N–H and O–H groups in total. The van der Waals surface area contributed by atoms with Crippen molar-refractivity contribution in [1.82, 2.24) is 20.4 Å². The lowest BCUT2D eigenvalue weighted by Gasteiger charge is -2.36. The SMILES string of the molecule is CN=C(NCc1ccccc1C)NCC(C)N1CCN(C)CC1. The molecule has 0 amide bonds. The highest BCUT2D eigenvalue weighted by Gasteiger charge is 2.18. The van der Waals surface area contributed by atoms with E-state index in [1.165, 1.54) is 11.1 Å². The molecule has 1 aromatic rings. The summed E-state index contributed by atoms with van der Waals surface area (Å²) in [5.41, 5.74) is 2.61. The van der Waals surface area contributed by atoms with Gasteiger partial charge in [-0.05, 0) is 32.0 Å². The third-order valence-corrected chi connectivity index (χ3v) is 4.66. The second kappa shape index (κ2) is 8.89. The maximum absolute atomic E-state index is 4.33. The first kappa shape index (κ1) is 17.8. The van der Waals surface area contributed by atoms with Gasteiger partial charge in [0.2, 0.25) is 0 Å². The Morgan fingerprint density at radius 1 is 1.17 bits per heavy atom. The molecule has 1 aliphatic rings. The number of rotatable bonds is 5. The van der Waals surface area contributed by atoms with Crippen LogP contribution in [0.3, 0.4) is 0 Å². The van der Waals surface area contributed by atoms with E-state index in [1.807, 2.05) is 7.05 Å². The van der Waals surface area contributed by atoms with Gasteiger partial charge in [0.15, 0.2) is 5.96 Å². The highest BCUT2D eigenvalue weighted by atomic mass is 15.3. The van der Waals surface area contributed by atoms with Gasteiger partial charge in [0.1, 0.15) is 0 Å². The van der Waals surface area contributed by atoms with E-state index in [2.05, 4.69) is 70.6 Å². The highest BCUT2D eigenvalue weighted by molar-refractivity contribution is 5.79. The number of hydrogen-bond donors (Lipinski definition) is 2. The first-order valence-electron chi connectivity index (χ1n) is 8.51. The Labute approximate surface area is 140 Å². The van der Waals surface area contributed by atoms with E-state index in [0.29, 0.717) is 6.04 Å². The van der Waals surface area contributed by atoms with Crippen molar-refractivity contribution in [3.8, 4) is 0 Å². The van der Waals surface area contributed by atoms with Crippen LogP contribution < -0.4 is 10.6 Å². The number of nitrogens with zero attached hydrogens (tertiary/aromatic N) is 3. The van der Waals surface area contributed by atoms with Gasteiger partial charge in [-0.2, -0.15) is 0 Å². The summed E-state index contributed by atoms with van der Waals surface area (Å²) >= 11 is 0. The second-order valence-corrected chi connectivity index (χ2v) is 6.42. The van der Waals surface area contributed by atoms with Crippen LogP contribution in [0.25, 0.3) is 0 Å². The van der Waals surface area contributed by atoms with E-state index >= 15 is 0 Å². The van der Waals surface area contributed by atoms with Crippen molar-refractivity contribution in [3.63, 3.8) is 0 Å². The van der Waals surface area contributed by atoms with Crippen LogP contribution in [0.5, 0.6) is 0 Å². The lowest BCUT2D eigenvalue weighted by atomic mass is 10.1. The molecule has 2 rings (SSSR count). The molecule has 1 atom stereocenters. The zero-order chi connectivity index (χ0) is 16.7. The van der Waals surface area contributed by atoms with Crippen molar-refractivity contribution in [2.75, 3.05) is 46.8 Å². The predicted octanol–water partition coefficient (Wildman–Crippen LogP) is 1.30. The molecule has 5 heteroatoms. The van der Waals surface area contributed by atoms with Crippen molar-refractivity contribution in [2.24, 2.45) is 4.99 Å². The normalized spacial score (nSPS) is 18.7. The summed E-state index contributed by atoms with van der Waals surface area (Å²) in [6, 6.07) is 8.96. The van der Waals surface area contributed by atoms with Crippen LogP contribution in [0.1, 0.15) is 18.1 Å². The lowest BCUT2D eigenvalue weighted by molar-refractivity contribution is 0.120. The summed E-state index contributed by atoms with van der Waals surface area (Å²) in [4.78, 5) is 9.26. The summed E-state index contributed by atoms with van der Waals surface area (Å²) in [6.45, 7) is 10.8. The molecule has 1 fully saturated rings. The monoisotopic (exact) mass is 317 g/mol. The Morgan fingerprint density at radius 3 is 2.52 bits per heavy atom. The van der Waals surface area contributed by atoms with Gasteiger partial charge < -0.3 is 15.5 Å². The fourth-order valence-electron chi connectivity index (χ4n) is 2.84. The van der Waals surface area contributed by atoms with Crippen molar-refractivity contribution >= 4 is 5.96 Å². The summed E-state index contributed by atoms with van der Waals surface area (Å²) in [5, 5.41) is 6.86. The Balaban J connectivity index is 1.75. The minimum Gasteiger partial charge on any atom is -0.355 e. The van der Waals surface area contributed by atoms with E-state index in [-0.39, 0.29) is 0 Å². The summed E-state index contributed by atoms with van der Waals surface area (Å²) < 4.78 is 0. The lowest BCUT2D eigenvalue weighted by Crippen LogP contribution is -2.52. The van der Waals surface area contributed by atoms with Crippen LogP contribution in [0.2, 0.25) is 0 Å². The molecule has 0 bridgehead atoms. The van der Waals surface area contributed by atoms with Crippen molar-refractivity contribution < 1.29 is 0 Å². The van der Waals surface area contributed by atoms with Gasteiger partial charge in [-0.3, -0.25) is 9.89 Å². The van der Waals surface area contributed by atoms with E-state index < -0.39 is 0 Å². The van der Waals surface area contributed by atoms with Crippen molar-refractivity contribution in [2.45, 2.75) is 26.4 Å². The number of guanidine groups is 1. The van der Waals surface area contributed by atoms with Crippen LogP contribution in [-0.4, -0.2) is 68.6 Å². The topological polar surface area (TPSA) is 42.9 Å². The number of benzene rings is 1. The Kier molecular flexibility index (Phi) is 6.86. The smallest absolute Gasteiger partial charge is 0.191 e. The van der Waals surface area contributed by atoms with Gasteiger partial charge in [0.25, 0.3) is 0 Å². The molecular weight excluding hydrogens is 286 g/mol. The Hall–Kier alpha value is -1.59. The summed E-state index contributed by atoms with van der Waals surface area (Å²) in [7, 11) is 4.02. The zero-order valence-electron chi connectivity index (χ0n) is 15.0. The van der Waals surface area contributed by atoms with Crippen LogP contribution in [0.15, 0.2) is 29.3 Å². The molecule has 0 aromatic heterocycles. The maximum atomic E-state index is 4.33. The predicted molar refractivity (Wildman–Crippen MR) is 97.9 cm³/mol. The fraction of sp³-hybridized carbons (Fsp3) is 0.611. The Bertz CT molecular complexity index is 506. The van der Waals surface area contributed by atoms with Gasteiger partial charge in [0.05, 0.1) is 0 Å². The summed E-state index contributed by atoms with van der Waals surface area (Å²) in [5.74, 6) is 0.870. The number of nitrogens with one attached hydrogen (secondary N) is 2. The standard InChI is InChI=1S/C18H31N5/c1-15-7-5-6-8-17(15)14-21-18(19-3)20-13-16(2)23-11-9-22(4)10-12-23/h5-8,16H,9-14H2,1-4H3,(H2,19,20,21).